The summed E-state index contributed by atoms with van der Waals surface area (Å²) in [6.07, 6.45) is 2.06. The number of ether oxygens (including phenoxy) is 2. The maximum atomic E-state index is 5.09. The fourth-order valence-electron chi connectivity index (χ4n) is 1.91. The van der Waals surface area contributed by atoms with Crippen LogP contribution in [-0.4, -0.2) is 47.1 Å². The number of rotatable bonds is 8. The molecule has 108 valence electrons. The van der Waals surface area contributed by atoms with Gasteiger partial charge >= 0.3 is 12.0 Å². The lowest BCUT2D eigenvalue weighted by Crippen LogP contribution is -2.37. The highest BCUT2D eigenvalue weighted by atomic mass is 79.9. The number of aromatic nitrogens is 3. The van der Waals surface area contributed by atoms with Crippen LogP contribution in [0.3, 0.4) is 0 Å². The molecule has 0 N–H and O–H groups in total. The summed E-state index contributed by atoms with van der Waals surface area (Å²) in [6, 6.07) is 0.925. The second-order valence-corrected chi connectivity index (χ2v) is 4.75. The zero-order chi connectivity index (χ0) is 14.3. The normalized spacial score (nSPS) is 10.6. The number of alkyl halides is 1. The molecule has 0 aliphatic rings. The van der Waals surface area contributed by atoms with Crippen molar-refractivity contribution in [3.63, 3.8) is 0 Å². The van der Waals surface area contributed by atoms with Crippen molar-refractivity contribution in [2.75, 3.05) is 31.0 Å². The molecule has 1 heterocycles. The minimum absolute atomic E-state index is 0.271. The maximum Gasteiger partial charge on any atom is 0.324 e. The molecule has 0 aliphatic heterocycles. The molecule has 0 aliphatic carbocycles. The first-order chi connectivity index (χ1) is 9.19. The summed E-state index contributed by atoms with van der Waals surface area (Å²) < 4.78 is 10.2. The third-order valence-corrected chi connectivity index (χ3v) is 3.27. The molecular formula is C12H21BrN4O2. The van der Waals surface area contributed by atoms with Crippen molar-refractivity contribution in [1.29, 1.82) is 0 Å². The molecule has 0 saturated heterocycles. The van der Waals surface area contributed by atoms with E-state index in [1.165, 1.54) is 14.2 Å². The molecular weight excluding hydrogens is 312 g/mol. The molecule has 0 aromatic carbocycles. The molecule has 0 fully saturated rings. The number of nitrogens with zero attached hydrogens (tertiary/aromatic N) is 4. The van der Waals surface area contributed by atoms with Gasteiger partial charge in [0.25, 0.3) is 0 Å². The van der Waals surface area contributed by atoms with Gasteiger partial charge in [-0.1, -0.05) is 29.8 Å². The number of hydrogen-bond acceptors (Lipinski definition) is 6. The highest BCUT2D eigenvalue weighted by Crippen LogP contribution is 2.20. The molecule has 0 bridgehead atoms. The van der Waals surface area contributed by atoms with E-state index in [1.54, 1.807) is 0 Å². The van der Waals surface area contributed by atoms with E-state index in [2.05, 4.69) is 49.6 Å². The fraction of sp³-hybridized carbons (Fsp3) is 0.750. The van der Waals surface area contributed by atoms with Gasteiger partial charge in [0.2, 0.25) is 5.95 Å². The quantitative estimate of drug-likeness (QED) is 0.680. The largest absolute Gasteiger partial charge is 0.467 e. The van der Waals surface area contributed by atoms with E-state index in [0.29, 0.717) is 12.0 Å². The molecule has 19 heavy (non-hydrogen) atoms. The zero-order valence-electron chi connectivity index (χ0n) is 11.9. The minimum atomic E-state index is 0.271. The first kappa shape index (κ1) is 15.9. The van der Waals surface area contributed by atoms with Crippen molar-refractivity contribution >= 4 is 21.9 Å². The number of methoxy groups -OCH3 is 2. The van der Waals surface area contributed by atoms with E-state index in [-0.39, 0.29) is 12.0 Å². The van der Waals surface area contributed by atoms with E-state index in [0.717, 1.165) is 24.7 Å². The SMILES string of the molecule is CCC(CC)N(CCBr)c1nc(OC)nc(OC)n1. The van der Waals surface area contributed by atoms with Gasteiger partial charge in [-0.05, 0) is 12.8 Å². The highest BCUT2D eigenvalue weighted by Gasteiger charge is 2.20. The van der Waals surface area contributed by atoms with Crippen molar-refractivity contribution < 1.29 is 9.47 Å². The van der Waals surface area contributed by atoms with Gasteiger partial charge in [-0.3, -0.25) is 0 Å². The van der Waals surface area contributed by atoms with Gasteiger partial charge in [0.05, 0.1) is 14.2 Å². The van der Waals surface area contributed by atoms with Gasteiger partial charge in [0.15, 0.2) is 0 Å². The lowest BCUT2D eigenvalue weighted by atomic mass is 10.1. The summed E-state index contributed by atoms with van der Waals surface area (Å²) in [6.45, 7) is 5.14. The standard InChI is InChI=1S/C12H21BrN4O2/c1-5-9(6-2)17(8-7-13)10-14-11(18-3)16-12(15-10)19-4/h9H,5-8H2,1-4H3. The van der Waals surface area contributed by atoms with Gasteiger partial charge < -0.3 is 14.4 Å². The van der Waals surface area contributed by atoms with Crippen molar-refractivity contribution in [3.05, 3.63) is 0 Å². The van der Waals surface area contributed by atoms with Crippen LogP contribution in [0, 0.1) is 0 Å². The van der Waals surface area contributed by atoms with Crippen LogP contribution in [0.25, 0.3) is 0 Å². The van der Waals surface area contributed by atoms with Crippen LogP contribution in [0.5, 0.6) is 12.0 Å². The van der Waals surface area contributed by atoms with Crippen molar-refractivity contribution in [2.24, 2.45) is 0 Å². The maximum absolute atomic E-state index is 5.09. The van der Waals surface area contributed by atoms with Gasteiger partial charge in [0, 0.05) is 17.9 Å². The monoisotopic (exact) mass is 332 g/mol. The summed E-state index contributed by atoms with van der Waals surface area (Å²) in [7, 11) is 3.06. The summed E-state index contributed by atoms with van der Waals surface area (Å²) >= 11 is 3.47. The Morgan fingerprint density at radius 1 is 1.05 bits per heavy atom. The Kier molecular flexibility index (Phi) is 6.83. The molecule has 0 amide bonds. The molecule has 1 aromatic rings. The number of anilines is 1. The van der Waals surface area contributed by atoms with E-state index < -0.39 is 0 Å². The molecule has 1 aromatic heterocycles. The van der Waals surface area contributed by atoms with E-state index in [4.69, 9.17) is 9.47 Å². The molecule has 1 rings (SSSR count). The van der Waals surface area contributed by atoms with Gasteiger partial charge in [-0.2, -0.15) is 9.97 Å². The zero-order valence-corrected chi connectivity index (χ0v) is 13.5. The molecule has 6 nitrogen and oxygen atoms in total. The van der Waals surface area contributed by atoms with Crippen LogP contribution < -0.4 is 14.4 Å². The summed E-state index contributed by atoms with van der Waals surface area (Å²) in [5.41, 5.74) is 0. The Hall–Kier alpha value is -1.11. The number of hydrogen-bond donors (Lipinski definition) is 0. The number of halogens is 1. The van der Waals surface area contributed by atoms with Crippen LogP contribution in [0.2, 0.25) is 0 Å². The van der Waals surface area contributed by atoms with E-state index in [1.807, 2.05) is 0 Å². The average Bonchev–Trinajstić information content (AvgIpc) is 2.46. The Balaban J connectivity index is 3.12. The van der Waals surface area contributed by atoms with E-state index in [9.17, 15) is 0 Å². The predicted molar refractivity (Wildman–Crippen MR) is 78.4 cm³/mol. The van der Waals surface area contributed by atoms with Gasteiger partial charge in [0.1, 0.15) is 0 Å². The average molecular weight is 333 g/mol. The lowest BCUT2D eigenvalue weighted by Gasteiger charge is -2.30. The Bertz CT molecular complexity index is 366. The Morgan fingerprint density at radius 2 is 1.58 bits per heavy atom. The Morgan fingerprint density at radius 3 is 1.95 bits per heavy atom. The van der Waals surface area contributed by atoms with Crippen LogP contribution in [0.1, 0.15) is 26.7 Å². The molecule has 0 radical (unpaired) electrons. The predicted octanol–water partition coefficient (Wildman–Crippen LogP) is 2.28. The topological polar surface area (TPSA) is 60.4 Å². The molecule has 7 heteroatoms. The third-order valence-electron chi connectivity index (χ3n) is 2.91. The van der Waals surface area contributed by atoms with Crippen molar-refractivity contribution in [2.45, 2.75) is 32.7 Å². The van der Waals surface area contributed by atoms with Gasteiger partial charge in [-0.25, -0.2) is 0 Å². The smallest absolute Gasteiger partial charge is 0.324 e. The minimum Gasteiger partial charge on any atom is -0.467 e. The van der Waals surface area contributed by atoms with Crippen LogP contribution in [0.4, 0.5) is 5.95 Å². The van der Waals surface area contributed by atoms with Gasteiger partial charge in [-0.15, -0.1) is 4.98 Å². The lowest BCUT2D eigenvalue weighted by molar-refractivity contribution is 0.339. The van der Waals surface area contributed by atoms with Crippen LogP contribution in [-0.2, 0) is 0 Å². The van der Waals surface area contributed by atoms with Crippen LogP contribution >= 0.6 is 15.9 Å². The molecule has 0 unspecified atom stereocenters. The fourth-order valence-corrected chi connectivity index (χ4v) is 2.29. The molecule has 0 atom stereocenters. The third kappa shape index (κ3) is 4.19. The van der Waals surface area contributed by atoms with Crippen molar-refractivity contribution in [1.82, 2.24) is 15.0 Å². The second kappa shape index (κ2) is 8.14. The first-order valence-corrected chi connectivity index (χ1v) is 7.48. The van der Waals surface area contributed by atoms with Crippen molar-refractivity contribution in [3.8, 4) is 12.0 Å². The molecule has 0 spiro atoms. The summed E-state index contributed by atoms with van der Waals surface area (Å²) in [5.74, 6) is 0.594. The Labute approximate surface area is 122 Å². The first-order valence-electron chi connectivity index (χ1n) is 6.36. The van der Waals surface area contributed by atoms with Crippen LogP contribution in [0.15, 0.2) is 0 Å². The van der Waals surface area contributed by atoms with E-state index >= 15 is 0 Å². The second-order valence-electron chi connectivity index (χ2n) is 3.96. The highest BCUT2D eigenvalue weighted by molar-refractivity contribution is 9.09. The molecule has 0 saturated carbocycles. The summed E-state index contributed by atoms with van der Waals surface area (Å²) in [4.78, 5) is 14.8. The summed E-state index contributed by atoms with van der Waals surface area (Å²) in [5, 5.41) is 0.847.